The fourth-order valence-corrected chi connectivity index (χ4v) is 2.90. The van der Waals surface area contributed by atoms with E-state index in [2.05, 4.69) is 22.8 Å². The molecule has 2 heterocycles. The zero-order valence-electron chi connectivity index (χ0n) is 12.6. The average Bonchev–Trinajstić information content (AvgIpc) is 2.87. The van der Waals surface area contributed by atoms with Crippen LogP contribution < -0.4 is 5.73 Å². The number of β-amino-alcohol motifs (C(OH)–C–C–N with tert-alkyl or cyclic N) is 1. The number of aryl methyl sites for hydroxylation is 1. The molecule has 5 heteroatoms. The van der Waals surface area contributed by atoms with Crippen LogP contribution in [0.4, 0.5) is 0 Å². The van der Waals surface area contributed by atoms with Crippen molar-refractivity contribution in [3.63, 3.8) is 0 Å². The van der Waals surface area contributed by atoms with Gasteiger partial charge in [0, 0.05) is 38.8 Å². The number of hydrogen-bond donors (Lipinski definition) is 2. The molecule has 1 aromatic rings. The molecule has 5 nitrogen and oxygen atoms in total. The minimum absolute atomic E-state index is 0.0879. The predicted molar refractivity (Wildman–Crippen MR) is 79.6 cm³/mol. The molecule has 3 N–H and O–H groups in total. The van der Waals surface area contributed by atoms with E-state index in [0.29, 0.717) is 0 Å². The minimum Gasteiger partial charge on any atom is -0.465 e. The summed E-state index contributed by atoms with van der Waals surface area (Å²) in [7, 11) is 0. The van der Waals surface area contributed by atoms with E-state index in [1.807, 2.05) is 13.0 Å². The van der Waals surface area contributed by atoms with Crippen LogP contribution in [0.1, 0.15) is 30.9 Å². The van der Waals surface area contributed by atoms with E-state index in [4.69, 9.17) is 15.3 Å². The summed E-state index contributed by atoms with van der Waals surface area (Å²) in [6.45, 7) is 8.98. The van der Waals surface area contributed by atoms with Crippen LogP contribution in [-0.2, 0) is 0 Å². The molecule has 1 aliphatic heterocycles. The van der Waals surface area contributed by atoms with Crippen LogP contribution in [-0.4, -0.2) is 60.3 Å². The first-order valence-corrected chi connectivity index (χ1v) is 7.55. The van der Waals surface area contributed by atoms with Crippen molar-refractivity contribution < 1.29 is 9.52 Å². The molecule has 1 aromatic heterocycles. The topological polar surface area (TPSA) is 65.9 Å². The Kier molecular flexibility index (Phi) is 5.60. The SMILES string of the molecule is CCC(N)C(c1ccc(C)o1)N1CCN(CCO)CC1. The molecular weight excluding hydrogens is 254 g/mol. The fraction of sp³-hybridized carbons (Fsp3) is 0.733. The lowest BCUT2D eigenvalue weighted by Crippen LogP contribution is -2.51. The molecule has 2 unspecified atom stereocenters. The lowest BCUT2D eigenvalue weighted by molar-refractivity contribution is 0.0646. The van der Waals surface area contributed by atoms with Gasteiger partial charge in [0.1, 0.15) is 11.5 Å². The molecule has 1 fully saturated rings. The number of furan rings is 1. The summed E-state index contributed by atoms with van der Waals surface area (Å²) in [6.07, 6.45) is 0.932. The molecule has 114 valence electrons. The molecule has 1 aliphatic rings. The van der Waals surface area contributed by atoms with Gasteiger partial charge < -0.3 is 15.3 Å². The van der Waals surface area contributed by atoms with E-state index in [0.717, 1.165) is 50.7 Å². The van der Waals surface area contributed by atoms with Crippen molar-refractivity contribution in [3.8, 4) is 0 Å². The normalized spacial score (nSPS) is 21.0. The van der Waals surface area contributed by atoms with Crippen molar-refractivity contribution in [1.29, 1.82) is 0 Å². The lowest BCUT2D eigenvalue weighted by Gasteiger charge is -2.40. The van der Waals surface area contributed by atoms with E-state index in [1.165, 1.54) is 0 Å². The lowest BCUT2D eigenvalue weighted by atomic mass is 10.0. The van der Waals surface area contributed by atoms with Gasteiger partial charge in [-0.05, 0) is 25.5 Å². The first kappa shape index (κ1) is 15.5. The summed E-state index contributed by atoms with van der Waals surface area (Å²) in [5.41, 5.74) is 6.33. The summed E-state index contributed by atoms with van der Waals surface area (Å²) in [5, 5.41) is 9.01. The molecule has 0 spiro atoms. The van der Waals surface area contributed by atoms with E-state index < -0.39 is 0 Å². The average molecular weight is 281 g/mol. The first-order chi connectivity index (χ1) is 9.65. The van der Waals surface area contributed by atoms with Crippen LogP contribution in [0.15, 0.2) is 16.5 Å². The Labute approximate surface area is 121 Å². The summed E-state index contributed by atoms with van der Waals surface area (Å²) in [6, 6.07) is 4.30. The highest BCUT2D eigenvalue weighted by molar-refractivity contribution is 5.12. The number of piperazine rings is 1. The van der Waals surface area contributed by atoms with Crippen molar-refractivity contribution in [2.75, 3.05) is 39.3 Å². The van der Waals surface area contributed by atoms with Crippen LogP contribution in [0.25, 0.3) is 0 Å². The fourth-order valence-electron chi connectivity index (χ4n) is 2.90. The molecule has 20 heavy (non-hydrogen) atoms. The third-order valence-corrected chi connectivity index (χ3v) is 4.15. The van der Waals surface area contributed by atoms with E-state index >= 15 is 0 Å². The van der Waals surface area contributed by atoms with Crippen LogP contribution in [0.5, 0.6) is 0 Å². The summed E-state index contributed by atoms with van der Waals surface area (Å²) < 4.78 is 5.82. The van der Waals surface area contributed by atoms with Gasteiger partial charge in [-0.25, -0.2) is 0 Å². The zero-order chi connectivity index (χ0) is 14.5. The number of hydrogen-bond acceptors (Lipinski definition) is 5. The molecule has 0 radical (unpaired) electrons. The van der Waals surface area contributed by atoms with Crippen molar-refractivity contribution in [1.82, 2.24) is 9.80 Å². The molecule has 2 atom stereocenters. The second kappa shape index (κ2) is 7.22. The molecule has 0 aliphatic carbocycles. The Morgan fingerprint density at radius 1 is 1.30 bits per heavy atom. The summed E-state index contributed by atoms with van der Waals surface area (Å²) >= 11 is 0. The third-order valence-electron chi connectivity index (χ3n) is 4.15. The van der Waals surface area contributed by atoms with Crippen LogP contribution >= 0.6 is 0 Å². The standard InChI is InChI=1S/C15H27N3O2/c1-3-13(16)15(14-5-4-12(2)20-14)18-8-6-17(7-9-18)10-11-19/h4-5,13,15,19H,3,6-11,16H2,1-2H3. The Balaban J connectivity index is 2.05. The highest BCUT2D eigenvalue weighted by Crippen LogP contribution is 2.27. The van der Waals surface area contributed by atoms with Crippen molar-refractivity contribution in [3.05, 3.63) is 23.7 Å². The van der Waals surface area contributed by atoms with Crippen molar-refractivity contribution in [2.45, 2.75) is 32.4 Å². The van der Waals surface area contributed by atoms with Gasteiger partial charge in [-0.1, -0.05) is 6.92 Å². The molecule has 0 saturated carbocycles. The summed E-state index contributed by atoms with van der Waals surface area (Å²) in [4.78, 5) is 4.71. The van der Waals surface area contributed by atoms with Crippen LogP contribution in [0.3, 0.4) is 0 Å². The highest BCUT2D eigenvalue weighted by atomic mass is 16.3. The van der Waals surface area contributed by atoms with E-state index in [-0.39, 0.29) is 18.7 Å². The van der Waals surface area contributed by atoms with E-state index in [1.54, 1.807) is 0 Å². The number of aliphatic hydroxyl groups excluding tert-OH is 1. The molecule has 0 bridgehead atoms. The number of rotatable bonds is 6. The molecule has 0 amide bonds. The smallest absolute Gasteiger partial charge is 0.122 e. The Morgan fingerprint density at radius 2 is 2.00 bits per heavy atom. The highest BCUT2D eigenvalue weighted by Gasteiger charge is 2.30. The first-order valence-electron chi connectivity index (χ1n) is 7.55. The zero-order valence-corrected chi connectivity index (χ0v) is 12.6. The second-order valence-electron chi connectivity index (χ2n) is 5.57. The van der Waals surface area contributed by atoms with Gasteiger partial charge in [0.05, 0.1) is 12.6 Å². The Hall–Kier alpha value is -0.880. The third kappa shape index (κ3) is 3.61. The van der Waals surface area contributed by atoms with Crippen LogP contribution in [0.2, 0.25) is 0 Å². The minimum atomic E-state index is 0.0879. The number of nitrogens with zero attached hydrogens (tertiary/aromatic N) is 2. The molecule has 0 aromatic carbocycles. The van der Waals surface area contributed by atoms with Crippen molar-refractivity contribution >= 4 is 0 Å². The van der Waals surface area contributed by atoms with Crippen LogP contribution in [0, 0.1) is 6.92 Å². The largest absolute Gasteiger partial charge is 0.465 e. The maximum Gasteiger partial charge on any atom is 0.122 e. The molecule has 2 rings (SSSR count). The van der Waals surface area contributed by atoms with Gasteiger partial charge in [-0.3, -0.25) is 9.80 Å². The summed E-state index contributed by atoms with van der Waals surface area (Å²) in [5.74, 6) is 1.92. The molecular formula is C15H27N3O2. The van der Waals surface area contributed by atoms with Gasteiger partial charge in [-0.15, -0.1) is 0 Å². The number of nitrogens with two attached hydrogens (primary N) is 1. The Bertz CT molecular complexity index is 400. The van der Waals surface area contributed by atoms with Gasteiger partial charge in [0.15, 0.2) is 0 Å². The Morgan fingerprint density at radius 3 is 2.50 bits per heavy atom. The number of aliphatic hydroxyl groups is 1. The predicted octanol–water partition coefficient (Wildman–Crippen LogP) is 0.976. The maximum absolute atomic E-state index is 9.01. The van der Waals surface area contributed by atoms with Gasteiger partial charge in [-0.2, -0.15) is 0 Å². The van der Waals surface area contributed by atoms with Gasteiger partial charge in [0.25, 0.3) is 0 Å². The van der Waals surface area contributed by atoms with Crippen molar-refractivity contribution in [2.24, 2.45) is 5.73 Å². The molecule has 1 saturated heterocycles. The van der Waals surface area contributed by atoms with Gasteiger partial charge >= 0.3 is 0 Å². The maximum atomic E-state index is 9.01. The van der Waals surface area contributed by atoms with Gasteiger partial charge in [0.2, 0.25) is 0 Å². The quantitative estimate of drug-likeness (QED) is 0.813. The second-order valence-corrected chi connectivity index (χ2v) is 5.57. The monoisotopic (exact) mass is 281 g/mol. The van der Waals surface area contributed by atoms with E-state index in [9.17, 15) is 0 Å².